The molecule has 1 heteroatoms. The van der Waals surface area contributed by atoms with Crippen molar-refractivity contribution in [1.29, 1.82) is 0 Å². The van der Waals surface area contributed by atoms with E-state index in [1.165, 1.54) is 32.1 Å². The normalized spacial score (nSPS) is 23.9. The molecule has 0 saturated carbocycles. The molecule has 0 radical (unpaired) electrons. The van der Waals surface area contributed by atoms with Crippen LogP contribution in [0.1, 0.15) is 38.5 Å². The second-order valence-corrected chi connectivity index (χ2v) is 3.34. The highest BCUT2D eigenvalue weighted by Crippen LogP contribution is 2.21. The van der Waals surface area contributed by atoms with Crippen molar-refractivity contribution in [2.75, 3.05) is 6.61 Å². The van der Waals surface area contributed by atoms with Crippen LogP contribution in [0, 0.1) is 5.92 Å². The van der Waals surface area contributed by atoms with Gasteiger partial charge in [0.1, 0.15) is 0 Å². The lowest BCUT2D eigenvalue weighted by Crippen LogP contribution is -2.00. The summed E-state index contributed by atoms with van der Waals surface area (Å²) in [6.07, 6.45) is 12.1. The standard InChI is InChI=1S/C10H18O/c11-9-5-4-8-10-6-2-1-3-7-10/h2,6,10-11H,1,3-5,7-9H2. The molecular weight excluding hydrogens is 136 g/mol. The van der Waals surface area contributed by atoms with Crippen molar-refractivity contribution >= 4 is 0 Å². The Bertz CT molecular complexity index is 118. The highest BCUT2D eigenvalue weighted by Gasteiger charge is 2.06. The zero-order chi connectivity index (χ0) is 7.94. The van der Waals surface area contributed by atoms with Crippen LogP contribution in [0.3, 0.4) is 0 Å². The molecule has 11 heavy (non-hydrogen) atoms. The first-order valence-electron chi connectivity index (χ1n) is 4.71. The van der Waals surface area contributed by atoms with Crippen molar-refractivity contribution in [2.24, 2.45) is 5.92 Å². The molecule has 1 rings (SSSR count). The Morgan fingerprint density at radius 1 is 1.36 bits per heavy atom. The molecular formula is C10H18O. The molecule has 0 heterocycles. The molecule has 0 spiro atoms. The van der Waals surface area contributed by atoms with Gasteiger partial charge in [-0.1, -0.05) is 18.6 Å². The summed E-state index contributed by atoms with van der Waals surface area (Å²) in [5.41, 5.74) is 0. The molecule has 0 aromatic carbocycles. The van der Waals surface area contributed by atoms with Gasteiger partial charge >= 0.3 is 0 Å². The third-order valence-electron chi connectivity index (χ3n) is 2.34. The fourth-order valence-electron chi connectivity index (χ4n) is 1.64. The quantitative estimate of drug-likeness (QED) is 0.487. The minimum atomic E-state index is 0.358. The van der Waals surface area contributed by atoms with E-state index in [0.29, 0.717) is 6.61 Å². The van der Waals surface area contributed by atoms with Crippen molar-refractivity contribution in [3.63, 3.8) is 0 Å². The van der Waals surface area contributed by atoms with E-state index >= 15 is 0 Å². The number of unbranched alkanes of at least 4 members (excludes halogenated alkanes) is 1. The van der Waals surface area contributed by atoms with Gasteiger partial charge in [-0.3, -0.25) is 0 Å². The molecule has 1 aliphatic carbocycles. The summed E-state index contributed by atoms with van der Waals surface area (Å²) >= 11 is 0. The predicted octanol–water partition coefficient (Wildman–Crippen LogP) is 2.51. The van der Waals surface area contributed by atoms with Gasteiger partial charge in [0.2, 0.25) is 0 Å². The smallest absolute Gasteiger partial charge is 0.0431 e. The Morgan fingerprint density at radius 3 is 2.91 bits per heavy atom. The molecule has 1 N–H and O–H groups in total. The van der Waals surface area contributed by atoms with Crippen molar-refractivity contribution in [2.45, 2.75) is 38.5 Å². The first-order valence-corrected chi connectivity index (χ1v) is 4.71. The third kappa shape index (κ3) is 3.57. The summed E-state index contributed by atoms with van der Waals surface area (Å²) in [5, 5.41) is 8.58. The molecule has 1 unspecified atom stereocenters. The van der Waals surface area contributed by atoms with Crippen LogP contribution in [0.15, 0.2) is 12.2 Å². The minimum Gasteiger partial charge on any atom is -0.396 e. The monoisotopic (exact) mass is 154 g/mol. The SMILES string of the molecule is OCCCCC1C=CCCC1. The lowest BCUT2D eigenvalue weighted by molar-refractivity contribution is 0.279. The maximum Gasteiger partial charge on any atom is 0.0431 e. The van der Waals surface area contributed by atoms with E-state index in [1.807, 2.05) is 0 Å². The van der Waals surface area contributed by atoms with E-state index in [9.17, 15) is 0 Å². The molecule has 0 bridgehead atoms. The van der Waals surface area contributed by atoms with E-state index in [-0.39, 0.29) is 0 Å². The Labute approximate surface area is 69.1 Å². The molecule has 0 fully saturated rings. The fraction of sp³-hybridized carbons (Fsp3) is 0.800. The lowest BCUT2D eigenvalue weighted by atomic mass is 9.91. The average molecular weight is 154 g/mol. The second kappa shape index (κ2) is 5.36. The maximum atomic E-state index is 8.58. The average Bonchev–Trinajstić information content (AvgIpc) is 2.07. The van der Waals surface area contributed by atoms with Gasteiger partial charge in [0.15, 0.2) is 0 Å². The van der Waals surface area contributed by atoms with Crippen molar-refractivity contribution in [3.8, 4) is 0 Å². The van der Waals surface area contributed by atoms with Gasteiger partial charge in [-0.15, -0.1) is 0 Å². The summed E-state index contributed by atoms with van der Waals surface area (Å²) in [5.74, 6) is 0.815. The van der Waals surface area contributed by atoms with Gasteiger partial charge in [0.05, 0.1) is 0 Å². The molecule has 1 aliphatic rings. The Morgan fingerprint density at radius 2 is 2.27 bits per heavy atom. The van der Waals surface area contributed by atoms with Crippen molar-refractivity contribution < 1.29 is 5.11 Å². The largest absolute Gasteiger partial charge is 0.396 e. The Balaban J connectivity index is 2.05. The Kier molecular flexibility index (Phi) is 4.29. The summed E-state index contributed by atoms with van der Waals surface area (Å²) < 4.78 is 0. The minimum absolute atomic E-state index is 0.358. The van der Waals surface area contributed by atoms with Gasteiger partial charge in [0.25, 0.3) is 0 Å². The summed E-state index contributed by atoms with van der Waals surface area (Å²) in [4.78, 5) is 0. The van der Waals surface area contributed by atoms with Crippen LogP contribution in [0.5, 0.6) is 0 Å². The summed E-state index contributed by atoms with van der Waals surface area (Å²) in [6.45, 7) is 0.358. The predicted molar refractivity (Wildman–Crippen MR) is 47.4 cm³/mol. The topological polar surface area (TPSA) is 20.2 Å². The number of aliphatic hydroxyl groups excluding tert-OH is 1. The van der Waals surface area contributed by atoms with Crippen LogP contribution in [-0.4, -0.2) is 11.7 Å². The zero-order valence-electron chi connectivity index (χ0n) is 7.13. The Hall–Kier alpha value is -0.300. The summed E-state index contributed by atoms with van der Waals surface area (Å²) in [7, 11) is 0. The first-order chi connectivity index (χ1) is 5.43. The number of hydrogen-bond acceptors (Lipinski definition) is 1. The molecule has 0 aromatic heterocycles. The van der Waals surface area contributed by atoms with Gasteiger partial charge < -0.3 is 5.11 Å². The van der Waals surface area contributed by atoms with Crippen LogP contribution < -0.4 is 0 Å². The van der Waals surface area contributed by atoms with E-state index in [2.05, 4.69) is 12.2 Å². The molecule has 64 valence electrons. The van der Waals surface area contributed by atoms with Crippen molar-refractivity contribution in [1.82, 2.24) is 0 Å². The second-order valence-electron chi connectivity index (χ2n) is 3.34. The molecule has 0 aromatic rings. The van der Waals surface area contributed by atoms with Crippen LogP contribution in [0.25, 0.3) is 0 Å². The molecule has 1 nitrogen and oxygen atoms in total. The van der Waals surface area contributed by atoms with E-state index in [4.69, 9.17) is 5.11 Å². The number of aliphatic hydroxyl groups is 1. The van der Waals surface area contributed by atoms with Crippen molar-refractivity contribution in [3.05, 3.63) is 12.2 Å². The highest BCUT2D eigenvalue weighted by atomic mass is 16.2. The third-order valence-corrected chi connectivity index (χ3v) is 2.34. The van der Waals surface area contributed by atoms with Gasteiger partial charge in [-0.2, -0.15) is 0 Å². The first kappa shape index (κ1) is 8.79. The van der Waals surface area contributed by atoms with E-state index in [0.717, 1.165) is 12.3 Å². The van der Waals surface area contributed by atoms with Gasteiger partial charge in [-0.05, 0) is 38.0 Å². The number of hydrogen-bond donors (Lipinski definition) is 1. The zero-order valence-corrected chi connectivity index (χ0v) is 7.13. The summed E-state index contributed by atoms with van der Waals surface area (Å²) in [6, 6.07) is 0. The van der Waals surface area contributed by atoms with Crippen LogP contribution >= 0.6 is 0 Å². The van der Waals surface area contributed by atoms with E-state index in [1.54, 1.807) is 0 Å². The number of rotatable bonds is 4. The van der Waals surface area contributed by atoms with E-state index < -0.39 is 0 Å². The van der Waals surface area contributed by atoms with Crippen LogP contribution in [-0.2, 0) is 0 Å². The molecule has 0 saturated heterocycles. The maximum absolute atomic E-state index is 8.58. The van der Waals surface area contributed by atoms with Crippen LogP contribution in [0.2, 0.25) is 0 Å². The molecule has 0 amide bonds. The van der Waals surface area contributed by atoms with Gasteiger partial charge in [0, 0.05) is 6.61 Å². The van der Waals surface area contributed by atoms with Crippen LogP contribution in [0.4, 0.5) is 0 Å². The van der Waals surface area contributed by atoms with Gasteiger partial charge in [-0.25, -0.2) is 0 Å². The molecule has 0 aliphatic heterocycles. The fourth-order valence-corrected chi connectivity index (χ4v) is 1.64. The number of allylic oxidation sites excluding steroid dienone is 2. The highest BCUT2D eigenvalue weighted by molar-refractivity contribution is 4.92. The lowest BCUT2D eigenvalue weighted by Gasteiger charge is -2.15. The molecule has 1 atom stereocenters.